The average Bonchev–Trinajstić information content (AvgIpc) is 2.26. The minimum Gasteiger partial charge on any atom is -0.468 e. The molecular formula is C10H12FNO2. The molecule has 4 heteroatoms. The smallest absolute Gasteiger partial charge is 0.325 e. The molecule has 0 bridgehead atoms. The number of anilines is 1. The van der Waals surface area contributed by atoms with Gasteiger partial charge in [0.05, 0.1) is 7.11 Å². The van der Waals surface area contributed by atoms with Crippen molar-refractivity contribution in [3.63, 3.8) is 0 Å². The zero-order valence-corrected chi connectivity index (χ0v) is 7.92. The van der Waals surface area contributed by atoms with E-state index in [4.69, 9.17) is 0 Å². The Labute approximate surface area is 81.9 Å². The van der Waals surface area contributed by atoms with Gasteiger partial charge in [0.15, 0.2) is 0 Å². The van der Waals surface area contributed by atoms with Crippen LogP contribution in [-0.4, -0.2) is 19.6 Å². The lowest BCUT2D eigenvalue weighted by atomic mass is 10.2. The maximum absolute atomic E-state index is 12.3. The summed E-state index contributed by atoms with van der Waals surface area (Å²) in [6.45, 7) is -0.417. The highest BCUT2D eigenvalue weighted by molar-refractivity contribution is 5.74. The van der Waals surface area contributed by atoms with Gasteiger partial charge < -0.3 is 10.1 Å². The van der Waals surface area contributed by atoms with Gasteiger partial charge in [0.2, 0.25) is 0 Å². The highest BCUT2D eigenvalue weighted by Crippen LogP contribution is 2.10. The van der Waals surface area contributed by atoms with Crippen LogP contribution < -0.4 is 5.32 Å². The number of methoxy groups -OCH3 is 1. The van der Waals surface area contributed by atoms with Gasteiger partial charge >= 0.3 is 5.97 Å². The third-order valence-corrected chi connectivity index (χ3v) is 1.75. The molecular weight excluding hydrogens is 185 g/mol. The number of rotatable bonds is 4. The Bertz CT molecular complexity index is 315. The van der Waals surface area contributed by atoms with Gasteiger partial charge in [-0.1, -0.05) is 12.1 Å². The normalized spacial score (nSPS) is 9.57. The minimum absolute atomic E-state index is 0.0895. The van der Waals surface area contributed by atoms with E-state index in [0.29, 0.717) is 11.3 Å². The van der Waals surface area contributed by atoms with Crippen LogP contribution in [0.5, 0.6) is 0 Å². The van der Waals surface area contributed by atoms with Gasteiger partial charge in [0.1, 0.15) is 13.2 Å². The van der Waals surface area contributed by atoms with E-state index in [1.54, 1.807) is 24.3 Å². The second-order valence-corrected chi connectivity index (χ2v) is 2.76. The summed E-state index contributed by atoms with van der Waals surface area (Å²) in [6, 6.07) is 6.84. The van der Waals surface area contributed by atoms with Crippen LogP contribution in [0, 0.1) is 0 Å². The van der Waals surface area contributed by atoms with E-state index >= 15 is 0 Å². The number of hydrogen-bond acceptors (Lipinski definition) is 3. The van der Waals surface area contributed by atoms with Crippen LogP contribution in [0.1, 0.15) is 5.56 Å². The third-order valence-electron chi connectivity index (χ3n) is 1.75. The van der Waals surface area contributed by atoms with Crippen LogP contribution in [0.3, 0.4) is 0 Å². The van der Waals surface area contributed by atoms with E-state index in [2.05, 4.69) is 10.1 Å². The van der Waals surface area contributed by atoms with Gasteiger partial charge in [-0.2, -0.15) is 0 Å². The Morgan fingerprint density at radius 2 is 2.36 bits per heavy atom. The summed E-state index contributed by atoms with van der Waals surface area (Å²) < 4.78 is 16.7. The number of ether oxygens (including phenoxy) is 1. The van der Waals surface area contributed by atoms with Crippen molar-refractivity contribution < 1.29 is 13.9 Å². The third kappa shape index (κ3) is 3.05. The first-order valence-electron chi connectivity index (χ1n) is 4.22. The average molecular weight is 197 g/mol. The summed E-state index contributed by atoms with van der Waals surface area (Å²) in [6.07, 6.45) is 0. The van der Waals surface area contributed by atoms with Crippen LogP contribution in [-0.2, 0) is 16.2 Å². The highest BCUT2D eigenvalue weighted by Gasteiger charge is 1.99. The number of benzene rings is 1. The number of nitrogens with one attached hydrogen (secondary N) is 1. The molecule has 0 spiro atoms. The van der Waals surface area contributed by atoms with Crippen LogP contribution in [0.15, 0.2) is 24.3 Å². The Kier molecular flexibility index (Phi) is 3.91. The Hall–Kier alpha value is -1.58. The van der Waals surface area contributed by atoms with E-state index < -0.39 is 6.67 Å². The number of alkyl halides is 1. The number of carbonyl (C=O) groups is 1. The predicted molar refractivity (Wildman–Crippen MR) is 51.8 cm³/mol. The molecule has 0 aliphatic heterocycles. The van der Waals surface area contributed by atoms with Crippen LogP contribution in [0.25, 0.3) is 0 Å². The van der Waals surface area contributed by atoms with Crippen molar-refractivity contribution in [3.8, 4) is 0 Å². The van der Waals surface area contributed by atoms with Crippen molar-refractivity contribution in [3.05, 3.63) is 29.8 Å². The molecule has 0 aliphatic rings. The molecule has 3 nitrogen and oxygen atoms in total. The molecule has 0 radical (unpaired) electrons. The Morgan fingerprint density at radius 1 is 1.57 bits per heavy atom. The lowest BCUT2D eigenvalue weighted by Crippen LogP contribution is -2.14. The monoisotopic (exact) mass is 197 g/mol. The van der Waals surface area contributed by atoms with Crippen molar-refractivity contribution in [2.45, 2.75) is 6.67 Å². The molecule has 0 saturated carbocycles. The Morgan fingerprint density at radius 3 is 3.00 bits per heavy atom. The van der Waals surface area contributed by atoms with Crippen LogP contribution in [0.4, 0.5) is 10.1 Å². The fraction of sp³-hybridized carbons (Fsp3) is 0.300. The van der Waals surface area contributed by atoms with Gasteiger partial charge in [-0.15, -0.1) is 0 Å². The zero-order chi connectivity index (χ0) is 10.4. The van der Waals surface area contributed by atoms with Gasteiger partial charge in [0, 0.05) is 5.69 Å². The fourth-order valence-corrected chi connectivity index (χ4v) is 1.01. The number of hydrogen-bond donors (Lipinski definition) is 1. The molecule has 0 heterocycles. The molecule has 0 saturated heterocycles. The van der Waals surface area contributed by atoms with E-state index in [-0.39, 0.29) is 12.5 Å². The second kappa shape index (κ2) is 5.21. The SMILES string of the molecule is COC(=O)CNc1cccc(CF)c1. The summed E-state index contributed by atoms with van der Waals surface area (Å²) in [7, 11) is 1.32. The molecule has 0 amide bonds. The molecule has 14 heavy (non-hydrogen) atoms. The standard InChI is InChI=1S/C10H12FNO2/c1-14-10(13)7-12-9-4-2-3-8(5-9)6-11/h2-5,12H,6-7H2,1H3. The maximum atomic E-state index is 12.3. The first-order valence-corrected chi connectivity index (χ1v) is 4.22. The lowest BCUT2D eigenvalue weighted by molar-refractivity contribution is -0.138. The van der Waals surface area contributed by atoms with E-state index in [1.165, 1.54) is 7.11 Å². The van der Waals surface area contributed by atoms with Gasteiger partial charge in [-0.3, -0.25) is 4.79 Å². The molecule has 1 N–H and O–H groups in total. The number of esters is 1. The summed E-state index contributed by atoms with van der Waals surface area (Å²) in [5, 5.41) is 2.83. The number of halogens is 1. The summed E-state index contributed by atoms with van der Waals surface area (Å²) in [5.74, 6) is -0.351. The number of carbonyl (C=O) groups excluding carboxylic acids is 1. The molecule has 0 aliphatic carbocycles. The van der Waals surface area contributed by atoms with E-state index in [1.807, 2.05) is 0 Å². The second-order valence-electron chi connectivity index (χ2n) is 2.76. The maximum Gasteiger partial charge on any atom is 0.325 e. The topological polar surface area (TPSA) is 38.3 Å². The zero-order valence-electron chi connectivity index (χ0n) is 7.92. The fourth-order valence-electron chi connectivity index (χ4n) is 1.01. The summed E-state index contributed by atoms with van der Waals surface area (Å²) in [5.41, 5.74) is 1.30. The minimum atomic E-state index is -0.506. The molecule has 1 aromatic carbocycles. The quantitative estimate of drug-likeness (QED) is 0.747. The van der Waals surface area contributed by atoms with E-state index in [0.717, 1.165) is 0 Å². The Balaban J connectivity index is 2.54. The van der Waals surface area contributed by atoms with Gasteiger partial charge in [-0.25, -0.2) is 4.39 Å². The summed E-state index contributed by atoms with van der Waals surface area (Å²) >= 11 is 0. The molecule has 0 aromatic heterocycles. The van der Waals surface area contributed by atoms with Crippen molar-refractivity contribution in [1.82, 2.24) is 0 Å². The van der Waals surface area contributed by atoms with E-state index in [9.17, 15) is 9.18 Å². The van der Waals surface area contributed by atoms with Crippen LogP contribution in [0.2, 0.25) is 0 Å². The van der Waals surface area contributed by atoms with Gasteiger partial charge in [-0.05, 0) is 17.7 Å². The van der Waals surface area contributed by atoms with Crippen molar-refractivity contribution >= 4 is 11.7 Å². The first-order chi connectivity index (χ1) is 6.76. The molecule has 0 fully saturated rings. The van der Waals surface area contributed by atoms with Crippen molar-refractivity contribution in [1.29, 1.82) is 0 Å². The molecule has 76 valence electrons. The van der Waals surface area contributed by atoms with Gasteiger partial charge in [0.25, 0.3) is 0 Å². The highest BCUT2D eigenvalue weighted by atomic mass is 19.1. The molecule has 1 aromatic rings. The van der Waals surface area contributed by atoms with Crippen LogP contribution >= 0.6 is 0 Å². The van der Waals surface area contributed by atoms with Crippen molar-refractivity contribution in [2.75, 3.05) is 19.0 Å². The molecule has 0 atom stereocenters. The van der Waals surface area contributed by atoms with Crippen molar-refractivity contribution in [2.24, 2.45) is 0 Å². The lowest BCUT2D eigenvalue weighted by Gasteiger charge is -2.05. The predicted octanol–water partition coefficient (Wildman–Crippen LogP) is 1.74. The summed E-state index contributed by atoms with van der Waals surface area (Å²) in [4.78, 5) is 10.8. The molecule has 0 unspecified atom stereocenters. The molecule has 1 rings (SSSR count). The largest absolute Gasteiger partial charge is 0.468 e. The first kappa shape index (κ1) is 10.5.